The Bertz CT molecular complexity index is 1640. The van der Waals surface area contributed by atoms with E-state index in [-0.39, 0.29) is 30.1 Å². The number of nitrogens with zero attached hydrogens (tertiary/aromatic N) is 1. The number of aliphatic hydroxyl groups is 2. The standard InChI is InChI=1S/C39H48F2N2O4S/c1-25(2)42-37(46)43(19-16-30-8-6-20-48-30)24-39(47)18-15-33-31-13-10-27(21-29(44)12-9-26(3)7-5-17-38(33,39)4)22-32(31)36(45)28-11-14-34(40)35(41)23-28/h6-8,10-11,13-14,20,22-23,25,29,33,44,47H,5,9,12,15-19,21,24H2,1-4H3,(H,42,46)/t29-,33-,38-,39+/m0/s1. The van der Waals surface area contributed by atoms with Crippen LogP contribution in [0.5, 0.6) is 0 Å². The van der Waals surface area contributed by atoms with Crippen molar-refractivity contribution in [3.05, 3.63) is 104 Å². The number of nitrogens with one attached hydrogen (secondary N) is 1. The number of fused-ring (bicyclic) bond motifs is 8. The predicted molar refractivity (Wildman–Crippen MR) is 186 cm³/mol. The molecule has 3 aliphatic rings. The molecule has 6 rings (SSSR count). The van der Waals surface area contributed by atoms with Crippen LogP contribution in [0.15, 0.2) is 65.6 Å². The van der Waals surface area contributed by atoms with Crippen molar-refractivity contribution in [1.82, 2.24) is 10.2 Å². The summed E-state index contributed by atoms with van der Waals surface area (Å²) in [7, 11) is 0. The second-order valence-electron chi connectivity index (χ2n) is 14.3. The Hall–Kier alpha value is -3.40. The zero-order chi connectivity index (χ0) is 34.6. The van der Waals surface area contributed by atoms with E-state index in [1.54, 1.807) is 22.3 Å². The average molecular weight is 679 g/mol. The number of aliphatic hydroxyl groups excluding tert-OH is 1. The molecule has 0 aliphatic heterocycles. The van der Waals surface area contributed by atoms with E-state index in [9.17, 15) is 28.6 Å². The van der Waals surface area contributed by atoms with Crippen molar-refractivity contribution >= 4 is 23.2 Å². The van der Waals surface area contributed by atoms with Gasteiger partial charge in [0.25, 0.3) is 0 Å². The fraction of sp³-hybridized carbons (Fsp3) is 0.487. The number of carbonyl (C=O) groups is 2. The lowest BCUT2D eigenvalue weighted by Crippen LogP contribution is -2.56. The largest absolute Gasteiger partial charge is 0.393 e. The zero-order valence-corrected chi connectivity index (χ0v) is 29.2. The van der Waals surface area contributed by atoms with Crippen LogP contribution in [0.2, 0.25) is 0 Å². The summed E-state index contributed by atoms with van der Waals surface area (Å²) < 4.78 is 28.2. The molecule has 3 aromatic rings. The topological polar surface area (TPSA) is 89.9 Å². The summed E-state index contributed by atoms with van der Waals surface area (Å²) in [5.74, 6) is -2.83. The Morgan fingerprint density at radius 3 is 2.58 bits per heavy atom. The van der Waals surface area contributed by atoms with E-state index in [1.807, 2.05) is 43.5 Å². The molecule has 2 aromatic carbocycles. The highest BCUT2D eigenvalue weighted by molar-refractivity contribution is 7.09. The van der Waals surface area contributed by atoms with Crippen molar-refractivity contribution in [1.29, 1.82) is 0 Å². The highest BCUT2D eigenvalue weighted by Gasteiger charge is 2.57. The van der Waals surface area contributed by atoms with E-state index < -0.39 is 34.5 Å². The summed E-state index contributed by atoms with van der Waals surface area (Å²) in [6.07, 6.45) is 6.13. The molecule has 258 valence electrons. The molecule has 0 unspecified atom stereocenters. The summed E-state index contributed by atoms with van der Waals surface area (Å²) in [5.41, 5.74) is 1.04. The molecule has 0 radical (unpaired) electrons. The first-order valence-corrected chi connectivity index (χ1v) is 17.9. The quantitative estimate of drug-likeness (QED) is 0.167. The van der Waals surface area contributed by atoms with Gasteiger partial charge >= 0.3 is 6.03 Å². The molecule has 9 heteroatoms. The number of amides is 2. The molecule has 1 saturated carbocycles. The highest BCUT2D eigenvalue weighted by atomic mass is 32.1. The van der Waals surface area contributed by atoms with Crippen molar-refractivity contribution in [3.63, 3.8) is 0 Å². The molecule has 1 heterocycles. The molecule has 4 atom stereocenters. The van der Waals surface area contributed by atoms with Gasteiger partial charge in [0.2, 0.25) is 0 Å². The lowest BCUT2D eigenvalue weighted by Gasteiger charge is -2.46. The maximum atomic E-state index is 14.3. The van der Waals surface area contributed by atoms with E-state index >= 15 is 0 Å². The molecule has 0 spiro atoms. The summed E-state index contributed by atoms with van der Waals surface area (Å²) in [6.45, 7) is 8.53. The number of carbonyl (C=O) groups excluding carboxylic acids is 2. The van der Waals surface area contributed by atoms with Gasteiger partial charge in [-0.2, -0.15) is 0 Å². The monoisotopic (exact) mass is 678 g/mol. The molecule has 2 amide bonds. The second kappa shape index (κ2) is 15.0. The van der Waals surface area contributed by atoms with Gasteiger partial charge < -0.3 is 20.4 Å². The third kappa shape index (κ3) is 7.90. The van der Waals surface area contributed by atoms with Gasteiger partial charge in [-0.25, -0.2) is 13.6 Å². The summed E-state index contributed by atoms with van der Waals surface area (Å²) in [6, 6.07) is 12.5. The van der Waals surface area contributed by atoms with Crippen molar-refractivity contribution in [2.45, 2.75) is 103 Å². The first-order valence-electron chi connectivity index (χ1n) is 17.1. The maximum Gasteiger partial charge on any atom is 0.317 e. The van der Waals surface area contributed by atoms with Crippen molar-refractivity contribution in [2.75, 3.05) is 13.1 Å². The van der Waals surface area contributed by atoms with Crippen LogP contribution in [0.4, 0.5) is 13.6 Å². The van der Waals surface area contributed by atoms with E-state index in [4.69, 9.17) is 0 Å². The highest BCUT2D eigenvalue weighted by Crippen LogP contribution is 2.59. The van der Waals surface area contributed by atoms with Gasteiger partial charge in [0.15, 0.2) is 17.4 Å². The van der Waals surface area contributed by atoms with Crippen LogP contribution in [0.25, 0.3) is 0 Å². The summed E-state index contributed by atoms with van der Waals surface area (Å²) in [5, 5.41) is 28.7. The van der Waals surface area contributed by atoms with Crippen LogP contribution < -0.4 is 5.32 Å². The molecule has 3 aliphatic carbocycles. The predicted octanol–water partition coefficient (Wildman–Crippen LogP) is 7.96. The van der Waals surface area contributed by atoms with E-state index in [1.165, 1.54) is 11.6 Å². The lowest BCUT2D eigenvalue weighted by molar-refractivity contribution is -0.0769. The van der Waals surface area contributed by atoms with Gasteiger partial charge in [0.1, 0.15) is 0 Å². The zero-order valence-electron chi connectivity index (χ0n) is 28.4. The molecule has 3 N–H and O–H groups in total. The van der Waals surface area contributed by atoms with Crippen LogP contribution in [-0.4, -0.2) is 57.8 Å². The van der Waals surface area contributed by atoms with Crippen LogP contribution in [0, 0.1) is 17.0 Å². The molecule has 2 bridgehead atoms. The Balaban J connectivity index is 1.58. The van der Waals surface area contributed by atoms with Gasteiger partial charge in [-0.3, -0.25) is 4.79 Å². The minimum Gasteiger partial charge on any atom is -0.393 e. The van der Waals surface area contributed by atoms with Crippen molar-refractivity contribution < 1.29 is 28.6 Å². The van der Waals surface area contributed by atoms with Crippen molar-refractivity contribution in [3.8, 4) is 0 Å². The summed E-state index contributed by atoms with van der Waals surface area (Å²) >= 11 is 1.64. The van der Waals surface area contributed by atoms with Gasteiger partial charge in [-0.05, 0) is 125 Å². The molecule has 6 nitrogen and oxygen atoms in total. The number of thiophene rings is 1. The number of urea groups is 1. The number of benzene rings is 2. The number of hydrogen-bond donors (Lipinski definition) is 3. The van der Waals surface area contributed by atoms with E-state index in [0.29, 0.717) is 57.1 Å². The number of hydrogen-bond acceptors (Lipinski definition) is 5. The second-order valence-corrected chi connectivity index (χ2v) is 15.3. The van der Waals surface area contributed by atoms with Crippen molar-refractivity contribution in [2.24, 2.45) is 5.41 Å². The molecule has 48 heavy (non-hydrogen) atoms. The number of rotatable bonds is 8. The minimum absolute atomic E-state index is 0.0348. The Labute approximate surface area is 286 Å². The van der Waals surface area contributed by atoms with Crippen LogP contribution >= 0.6 is 11.3 Å². The Morgan fingerprint density at radius 2 is 1.88 bits per heavy atom. The van der Waals surface area contributed by atoms with Crippen LogP contribution in [-0.2, 0) is 12.8 Å². The van der Waals surface area contributed by atoms with Gasteiger partial charge in [-0.15, -0.1) is 11.3 Å². The lowest BCUT2D eigenvalue weighted by atomic mass is 9.64. The molecular weight excluding hydrogens is 631 g/mol. The van der Waals surface area contributed by atoms with E-state index in [2.05, 4.69) is 25.2 Å². The number of ketones is 1. The normalized spacial score (nSPS) is 24.6. The smallest absolute Gasteiger partial charge is 0.317 e. The molecule has 1 fully saturated rings. The first-order chi connectivity index (χ1) is 22.8. The SMILES string of the molecule is CC1=CCC[C@@]2(C)[C@@H](CC[C@@]2(O)CN(CCc2cccs2)C(=O)NC(C)C)c2ccc(cc2C(=O)c2ccc(F)c(F)c2)C[C@@H](O)CC1. The van der Waals surface area contributed by atoms with Gasteiger partial charge in [0.05, 0.1) is 18.2 Å². The molecule has 1 aromatic heterocycles. The summed E-state index contributed by atoms with van der Waals surface area (Å²) in [4.78, 5) is 30.6. The van der Waals surface area contributed by atoms with E-state index in [0.717, 1.165) is 34.6 Å². The maximum absolute atomic E-state index is 14.3. The average Bonchev–Trinajstić information content (AvgIpc) is 3.64. The molecule has 0 saturated heterocycles. The number of halogens is 2. The van der Waals surface area contributed by atoms with Gasteiger partial charge in [0, 0.05) is 34.0 Å². The third-order valence-corrected chi connectivity index (χ3v) is 11.4. The molecular formula is C39H48F2N2O4S. The fourth-order valence-corrected chi connectivity index (χ4v) is 8.29. The Morgan fingerprint density at radius 1 is 1.08 bits per heavy atom. The third-order valence-electron chi connectivity index (χ3n) is 10.5. The number of allylic oxidation sites excluding steroid dienone is 2. The van der Waals surface area contributed by atoms with Gasteiger partial charge in [-0.1, -0.05) is 36.8 Å². The first kappa shape index (κ1) is 35.9. The fourth-order valence-electron chi connectivity index (χ4n) is 7.60. The van der Waals surface area contributed by atoms with Crippen LogP contribution in [0.3, 0.4) is 0 Å². The Kier molecular flexibility index (Phi) is 11.2. The van der Waals surface area contributed by atoms with Crippen LogP contribution in [0.1, 0.15) is 104 Å². The minimum atomic E-state index is -1.28.